The first-order valence-electron chi connectivity index (χ1n) is 10.0. The number of amides is 1. The van der Waals surface area contributed by atoms with Crippen LogP contribution in [0.1, 0.15) is 30.4 Å². The minimum Gasteiger partial charge on any atom is -0.383 e. The Kier molecular flexibility index (Phi) is 6.21. The number of aryl methyl sites for hydroxylation is 1. The van der Waals surface area contributed by atoms with Crippen LogP contribution in [0.3, 0.4) is 0 Å². The number of carbonyl (C=O) groups excluding carboxylic acids is 1. The van der Waals surface area contributed by atoms with E-state index in [9.17, 15) is 9.59 Å². The molecule has 0 spiro atoms. The van der Waals surface area contributed by atoms with Gasteiger partial charge >= 0.3 is 0 Å². The third-order valence-electron chi connectivity index (χ3n) is 5.31. The maximum atomic E-state index is 13.4. The summed E-state index contributed by atoms with van der Waals surface area (Å²) in [4.78, 5) is 35.3. The number of rotatable bonds is 5. The number of carbonyl (C=O) groups is 1. The summed E-state index contributed by atoms with van der Waals surface area (Å²) in [7, 11) is 1.59. The molecule has 4 rings (SSSR count). The van der Waals surface area contributed by atoms with Crippen LogP contribution in [0.4, 0.5) is 5.82 Å². The summed E-state index contributed by atoms with van der Waals surface area (Å²) in [5.74, 6) is 0.450. The average Bonchev–Trinajstić information content (AvgIpc) is 3.02. The Morgan fingerprint density at radius 1 is 1.23 bits per heavy atom. The molecule has 2 fully saturated rings. The first-order chi connectivity index (χ1) is 14.5. The van der Waals surface area contributed by atoms with Crippen molar-refractivity contribution >= 4 is 51.7 Å². The smallest absolute Gasteiger partial charge is 0.267 e. The fourth-order valence-corrected chi connectivity index (χ4v) is 5.02. The second-order valence-corrected chi connectivity index (χ2v) is 9.14. The van der Waals surface area contributed by atoms with E-state index < -0.39 is 0 Å². The van der Waals surface area contributed by atoms with Gasteiger partial charge in [-0.25, -0.2) is 4.98 Å². The van der Waals surface area contributed by atoms with Gasteiger partial charge in [-0.2, -0.15) is 0 Å². The Hall–Kier alpha value is -2.23. The van der Waals surface area contributed by atoms with Crippen molar-refractivity contribution < 1.29 is 9.53 Å². The van der Waals surface area contributed by atoms with E-state index in [2.05, 4.69) is 4.90 Å². The summed E-state index contributed by atoms with van der Waals surface area (Å²) in [6.07, 6.45) is 6.75. The van der Waals surface area contributed by atoms with Crippen LogP contribution in [0.2, 0.25) is 0 Å². The van der Waals surface area contributed by atoms with E-state index in [1.165, 1.54) is 23.1 Å². The molecule has 0 bridgehead atoms. The second kappa shape index (κ2) is 8.87. The summed E-state index contributed by atoms with van der Waals surface area (Å²) in [5, 5.41) is 0. The molecule has 0 unspecified atom stereocenters. The number of piperidine rings is 1. The third kappa shape index (κ3) is 4.01. The Morgan fingerprint density at radius 2 is 2.00 bits per heavy atom. The molecule has 0 aliphatic carbocycles. The van der Waals surface area contributed by atoms with Crippen LogP contribution in [0, 0.1) is 6.92 Å². The number of thiocarbonyl (C=S) groups is 1. The number of nitrogens with zero attached hydrogens (tertiary/aromatic N) is 4. The van der Waals surface area contributed by atoms with Crippen molar-refractivity contribution in [3.05, 3.63) is 44.7 Å². The molecule has 2 aliphatic heterocycles. The van der Waals surface area contributed by atoms with Gasteiger partial charge in [0.2, 0.25) is 0 Å². The molecule has 2 aliphatic rings. The van der Waals surface area contributed by atoms with Crippen molar-refractivity contribution in [2.75, 3.05) is 38.3 Å². The Bertz CT molecular complexity index is 1090. The van der Waals surface area contributed by atoms with Crippen molar-refractivity contribution in [1.29, 1.82) is 0 Å². The van der Waals surface area contributed by atoms with Crippen molar-refractivity contribution in [3.8, 4) is 0 Å². The average molecular weight is 445 g/mol. The molecule has 2 saturated heterocycles. The molecular weight excluding hydrogens is 420 g/mol. The summed E-state index contributed by atoms with van der Waals surface area (Å²) < 4.78 is 7.11. The van der Waals surface area contributed by atoms with Crippen LogP contribution >= 0.6 is 24.0 Å². The fraction of sp³-hybridized carbons (Fsp3) is 0.429. The number of pyridine rings is 1. The Balaban J connectivity index is 1.83. The molecule has 4 heterocycles. The van der Waals surface area contributed by atoms with Crippen LogP contribution in [0.25, 0.3) is 11.7 Å². The van der Waals surface area contributed by atoms with Crippen molar-refractivity contribution in [3.63, 3.8) is 0 Å². The molecule has 7 nitrogen and oxygen atoms in total. The molecule has 1 amide bonds. The standard InChI is InChI=1S/C21H24N4O3S2/c1-14-6-7-17-22-18(23-8-4-3-5-9-23)15(19(26)25(17)13-14)12-16-20(27)24(10-11-28-2)21(29)30-16/h6-7,12-13H,3-5,8-11H2,1-2H3/b16-12+. The van der Waals surface area contributed by atoms with Crippen LogP contribution in [-0.4, -0.2) is 57.9 Å². The van der Waals surface area contributed by atoms with E-state index in [0.29, 0.717) is 39.4 Å². The lowest BCUT2D eigenvalue weighted by Gasteiger charge is -2.29. The molecule has 0 radical (unpaired) electrons. The van der Waals surface area contributed by atoms with Crippen LogP contribution in [0.5, 0.6) is 0 Å². The van der Waals surface area contributed by atoms with Crippen molar-refractivity contribution in [1.82, 2.24) is 14.3 Å². The van der Waals surface area contributed by atoms with Gasteiger partial charge in [-0.3, -0.25) is 18.9 Å². The molecule has 0 N–H and O–H groups in total. The summed E-state index contributed by atoms with van der Waals surface area (Å²) in [6, 6.07) is 3.81. The van der Waals surface area contributed by atoms with E-state index in [0.717, 1.165) is 31.5 Å². The SMILES string of the molecule is COCCN1C(=O)/C(=C\c2c(N3CCCCC3)nc3ccc(C)cn3c2=O)SC1=S. The first kappa shape index (κ1) is 21.0. The fourth-order valence-electron chi connectivity index (χ4n) is 3.73. The van der Waals surface area contributed by atoms with Crippen LogP contribution in [0.15, 0.2) is 28.0 Å². The monoisotopic (exact) mass is 444 g/mol. The third-order valence-corrected chi connectivity index (χ3v) is 6.69. The molecule has 0 atom stereocenters. The Morgan fingerprint density at radius 3 is 2.73 bits per heavy atom. The highest BCUT2D eigenvalue weighted by Crippen LogP contribution is 2.33. The second-order valence-electron chi connectivity index (χ2n) is 7.46. The van der Waals surface area contributed by atoms with Gasteiger partial charge in [-0.15, -0.1) is 0 Å². The normalized spacial score (nSPS) is 18.8. The van der Waals surface area contributed by atoms with Gasteiger partial charge in [-0.1, -0.05) is 30.0 Å². The predicted molar refractivity (Wildman–Crippen MR) is 124 cm³/mol. The van der Waals surface area contributed by atoms with Gasteiger partial charge in [-0.05, 0) is 43.9 Å². The number of hydrogen-bond acceptors (Lipinski definition) is 7. The zero-order chi connectivity index (χ0) is 21.3. The topological polar surface area (TPSA) is 67.2 Å². The minimum absolute atomic E-state index is 0.175. The summed E-state index contributed by atoms with van der Waals surface area (Å²) in [6.45, 7) is 4.43. The van der Waals surface area contributed by atoms with Gasteiger partial charge < -0.3 is 9.64 Å². The van der Waals surface area contributed by atoms with E-state index in [-0.39, 0.29) is 11.5 Å². The first-order valence-corrected chi connectivity index (χ1v) is 11.2. The Labute approximate surface area is 184 Å². The molecule has 158 valence electrons. The molecule has 2 aromatic heterocycles. The lowest BCUT2D eigenvalue weighted by molar-refractivity contribution is -0.122. The van der Waals surface area contributed by atoms with Gasteiger partial charge in [0.25, 0.3) is 11.5 Å². The largest absolute Gasteiger partial charge is 0.383 e. The maximum Gasteiger partial charge on any atom is 0.267 e. The summed E-state index contributed by atoms with van der Waals surface area (Å²) >= 11 is 6.59. The van der Waals surface area contributed by atoms with Gasteiger partial charge in [0, 0.05) is 26.4 Å². The molecule has 0 aromatic carbocycles. The summed E-state index contributed by atoms with van der Waals surface area (Å²) in [5.41, 5.74) is 1.84. The molecule has 30 heavy (non-hydrogen) atoms. The number of hydrogen-bond donors (Lipinski definition) is 0. The van der Waals surface area contributed by atoms with E-state index in [1.807, 2.05) is 19.1 Å². The van der Waals surface area contributed by atoms with Crippen LogP contribution < -0.4 is 10.5 Å². The number of aromatic nitrogens is 2. The van der Waals surface area contributed by atoms with E-state index >= 15 is 0 Å². The van der Waals surface area contributed by atoms with Crippen molar-refractivity contribution in [2.24, 2.45) is 0 Å². The van der Waals surface area contributed by atoms with Gasteiger partial charge in [0.15, 0.2) is 0 Å². The zero-order valence-electron chi connectivity index (χ0n) is 17.1. The van der Waals surface area contributed by atoms with Crippen LogP contribution in [-0.2, 0) is 9.53 Å². The molecule has 0 saturated carbocycles. The maximum absolute atomic E-state index is 13.4. The number of methoxy groups -OCH3 is 1. The minimum atomic E-state index is -0.194. The lowest BCUT2D eigenvalue weighted by Crippen LogP contribution is -2.34. The number of ether oxygens (including phenoxy) is 1. The number of anilines is 1. The van der Waals surface area contributed by atoms with Gasteiger partial charge in [0.05, 0.1) is 23.6 Å². The van der Waals surface area contributed by atoms with Crippen molar-refractivity contribution in [2.45, 2.75) is 26.2 Å². The lowest BCUT2D eigenvalue weighted by atomic mass is 10.1. The predicted octanol–water partition coefficient (Wildman–Crippen LogP) is 2.84. The quantitative estimate of drug-likeness (QED) is 0.519. The number of thioether (sulfide) groups is 1. The highest BCUT2D eigenvalue weighted by Gasteiger charge is 2.32. The highest BCUT2D eigenvalue weighted by molar-refractivity contribution is 8.26. The van der Waals surface area contributed by atoms with E-state index in [4.69, 9.17) is 21.9 Å². The molecule has 9 heteroatoms. The van der Waals surface area contributed by atoms with Gasteiger partial charge in [0.1, 0.15) is 15.8 Å². The number of fused-ring (bicyclic) bond motifs is 1. The molecule has 2 aromatic rings. The zero-order valence-corrected chi connectivity index (χ0v) is 18.7. The van der Waals surface area contributed by atoms with E-state index in [1.54, 1.807) is 23.8 Å². The highest BCUT2D eigenvalue weighted by atomic mass is 32.2. The molecular formula is C21H24N4O3S2.